The van der Waals surface area contributed by atoms with Crippen LogP contribution in [0.25, 0.3) is 11.0 Å². The minimum Gasteiger partial charge on any atom is -0.444 e. The number of nitrogens with zero attached hydrogens (tertiary/aromatic N) is 2. The number of fused-ring (bicyclic) bond motifs is 1. The molecule has 0 spiro atoms. The van der Waals surface area contributed by atoms with Gasteiger partial charge < -0.3 is 19.4 Å². The number of imidazole rings is 1. The molecule has 1 unspecified atom stereocenters. The van der Waals surface area contributed by atoms with E-state index in [1.807, 2.05) is 32.3 Å². The number of alkyl carbamates (subject to hydrolysis) is 1. The number of halogens is 1. The fourth-order valence-electron chi connectivity index (χ4n) is 3.50. The van der Waals surface area contributed by atoms with Crippen LogP contribution in [0.15, 0.2) is 30.4 Å². The molecule has 1 amide bonds. The minimum atomic E-state index is -0.585. The summed E-state index contributed by atoms with van der Waals surface area (Å²) in [6.07, 6.45) is 6.14. The van der Waals surface area contributed by atoms with Crippen LogP contribution in [0, 0.1) is 11.7 Å². The van der Waals surface area contributed by atoms with Crippen LogP contribution in [0.4, 0.5) is 9.18 Å². The highest BCUT2D eigenvalue weighted by Crippen LogP contribution is 2.30. The lowest BCUT2D eigenvalue weighted by molar-refractivity contribution is 0.0164. The van der Waals surface area contributed by atoms with Gasteiger partial charge in [-0.15, -0.1) is 0 Å². The zero-order valence-electron chi connectivity index (χ0n) is 17.7. The number of amides is 1. The number of benzene rings is 1. The van der Waals surface area contributed by atoms with Crippen LogP contribution in [0.2, 0.25) is 0 Å². The molecule has 0 bridgehead atoms. The van der Waals surface area contributed by atoms with Crippen LogP contribution in [0.1, 0.15) is 52.4 Å². The molecule has 1 saturated carbocycles. The van der Waals surface area contributed by atoms with Gasteiger partial charge in [-0.3, -0.25) is 0 Å². The van der Waals surface area contributed by atoms with Gasteiger partial charge in [-0.1, -0.05) is 12.2 Å². The van der Waals surface area contributed by atoms with Crippen LogP contribution in [0.3, 0.4) is 0 Å². The Kier molecular flexibility index (Phi) is 6.27. The Morgan fingerprint density at radius 3 is 2.79 bits per heavy atom. The Labute approximate surface area is 171 Å². The van der Waals surface area contributed by atoms with Gasteiger partial charge in [0.25, 0.3) is 0 Å². The van der Waals surface area contributed by atoms with Gasteiger partial charge in [-0.2, -0.15) is 0 Å². The summed E-state index contributed by atoms with van der Waals surface area (Å²) < 4.78 is 26.5. The molecule has 1 heterocycles. The van der Waals surface area contributed by atoms with Gasteiger partial charge in [0.15, 0.2) is 0 Å². The number of nitrogens with one attached hydrogen (secondary N) is 1. The smallest absolute Gasteiger partial charge is 0.408 e. The third kappa shape index (κ3) is 5.35. The van der Waals surface area contributed by atoms with Crippen molar-refractivity contribution < 1.29 is 18.7 Å². The lowest BCUT2D eigenvalue weighted by Gasteiger charge is -2.31. The topological polar surface area (TPSA) is 65.4 Å². The lowest BCUT2D eigenvalue weighted by Crippen LogP contribution is -2.35. The number of aromatic nitrogens is 2. The normalized spacial score (nSPS) is 20.6. The number of hydrogen-bond donors (Lipinski definition) is 1. The van der Waals surface area contributed by atoms with Gasteiger partial charge in [0.05, 0.1) is 23.2 Å². The summed E-state index contributed by atoms with van der Waals surface area (Å²) in [5.41, 5.74) is 0.806. The SMILES string of the molecule is COC1CC(C=CCn2c(C(C)NC(=O)OC(C)(C)C)nc3ccc(F)cc32)C1. The highest BCUT2D eigenvalue weighted by Gasteiger charge is 2.26. The monoisotopic (exact) mass is 403 g/mol. The number of hydrogen-bond acceptors (Lipinski definition) is 4. The van der Waals surface area contributed by atoms with Crippen molar-refractivity contribution in [3.05, 3.63) is 42.0 Å². The molecule has 158 valence electrons. The molecule has 1 aromatic carbocycles. The van der Waals surface area contributed by atoms with Gasteiger partial charge in [0, 0.05) is 13.7 Å². The number of allylic oxidation sites excluding steroid dienone is 2. The summed E-state index contributed by atoms with van der Waals surface area (Å²) in [5, 5.41) is 2.82. The van der Waals surface area contributed by atoms with Crippen molar-refractivity contribution in [2.24, 2.45) is 5.92 Å². The molecule has 1 aliphatic rings. The maximum absolute atomic E-state index is 13.9. The van der Waals surface area contributed by atoms with Crippen molar-refractivity contribution in [2.45, 2.75) is 64.8 Å². The second-order valence-electron chi connectivity index (χ2n) is 8.60. The van der Waals surface area contributed by atoms with E-state index in [-0.39, 0.29) is 5.82 Å². The van der Waals surface area contributed by atoms with Crippen molar-refractivity contribution in [1.29, 1.82) is 0 Å². The highest BCUT2D eigenvalue weighted by atomic mass is 19.1. The number of carbonyl (C=O) groups is 1. The molecule has 1 aliphatic carbocycles. The fourth-order valence-corrected chi connectivity index (χ4v) is 3.50. The van der Waals surface area contributed by atoms with Crippen LogP contribution < -0.4 is 5.32 Å². The van der Waals surface area contributed by atoms with E-state index in [1.54, 1.807) is 13.2 Å². The second kappa shape index (κ2) is 8.53. The van der Waals surface area contributed by atoms with E-state index in [1.165, 1.54) is 12.1 Å². The second-order valence-corrected chi connectivity index (χ2v) is 8.60. The molecule has 1 N–H and O–H groups in total. The van der Waals surface area contributed by atoms with E-state index >= 15 is 0 Å². The first kappa shape index (κ1) is 21.3. The third-order valence-corrected chi connectivity index (χ3v) is 5.02. The highest BCUT2D eigenvalue weighted by molar-refractivity contribution is 5.76. The average Bonchev–Trinajstić information content (AvgIpc) is 2.93. The summed E-state index contributed by atoms with van der Waals surface area (Å²) in [6.45, 7) is 7.83. The van der Waals surface area contributed by atoms with Crippen molar-refractivity contribution >= 4 is 17.1 Å². The predicted octanol–water partition coefficient (Wildman–Crippen LogP) is 4.74. The first-order valence-corrected chi connectivity index (χ1v) is 10.0. The minimum absolute atomic E-state index is 0.316. The third-order valence-electron chi connectivity index (χ3n) is 5.02. The van der Waals surface area contributed by atoms with Gasteiger partial charge >= 0.3 is 6.09 Å². The summed E-state index contributed by atoms with van der Waals surface area (Å²) in [7, 11) is 1.74. The molecule has 7 heteroatoms. The summed E-state index contributed by atoms with van der Waals surface area (Å²) in [6, 6.07) is 4.13. The van der Waals surface area contributed by atoms with Gasteiger partial charge in [0.1, 0.15) is 17.2 Å². The standard InChI is InChI=1S/C22H30FN3O3/c1-14(24-21(27)29-22(2,3)4)20-25-18-9-8-16(23)13-19(18)26(20)10-6-7-15-11-17(12-15)28-5/h6-9,13-15,17H,10-12H2,1-5H3,(H,24,27). The molecule has 0 aliphatic heterocycles. The number of methoxy groups -OCH3 is 1. The Bertz CT molecular complexity index is 895. The van der Waals surface area contributed by atoms with Crippen LogP contribution >= 0.6 is 0 Å². The molecule has 0 saturated heterocycles. The maximum Gasteiger partial charge on any atom is 0.408 e. The predicted molar refractivity (Wildman–Crippen MR) is 110 cm³/mol. The molecule has 1 fully saturated rings. The van der Waals surface area contributed by atoms with Gasteiger partial charge in [-0.25, -0.2) is 14.2 Å². The largest absolute Gasteiger partial charge is 0.444 e. The molecule has 0 radical (unpaired) electrons. The zero-order chi connectivity index (χ0) is 21.2. The molecule has 29 heavy (non-hydrogen) atoms. The number of rotatable bonds is 6. The van der Waals surface area contributed by atoms with Gasteiger partial charge in [0.2, 0.25) is 0 Å². The van der Waals surface area contributed by atoms with Crippen molar-refractivity contribution in [1.82, 2.24) is 14.9 Å². The van der Waals surface area contributed by atoms with E-state index in [0.717, 1.165) is 12.8 Å². The van der Waals surface area contributed by atoms with Gasteiger partial charge in [-0.05, 0) is 64.7 Å². The van der Waals surface area contributed by atoms with E-state index < -0.39 is 17.7 Å². The molecule has 2 aromatic rings. The quantitative estimate of drug-likeness (QED) is 0.708. The molecular weight excluding hydrogens is 373 g/mol. The molecule has 6 nitrogen and oxygen atoms in total. The summed E-state index contributed by atoms with van der Waals surface area (Å²) in [4.78, 5) is 16.8. The van der Waals surface area contributed by atoms with Crippen molar-refractivity contribution in [3.8, 4) is 0 Å². The fraction of sp³-hybridized carbons (Fsp3) is 0.545. The van der Waals surface area contributed by atoms with E-state index in [2.05, 4.69) is 22.5 Å². The van der Waals surface area contributed by atoms with Crippen LogP contribution in [-0.2, 0) is 16.0 Å². The lowest BCUT2D eigenvalue weighted by atomic mass is 9.82. The first-order valence-electron chi connectivity index (χ1n) is 10.0. The first-order chi connectivity index (χ1) is 13.7. The van der Waals surface area contributed by atoms with E-state index in [9.17, 15) is 9.18 Å². The number of ether oxygens (including phenoxy) is 2. The van der Waals surface area contributed by atoms with E-state index in [4.69, 9.17) is 9.47 Å². The number of carbonyl (C=O) groups excluding carboxylic acids is 1. The van der Waals surface area contributed by atoms with Crippen molar-refractivity contribution in [2.75, 3.05) is 7.11 Å². The summed E-state index contributed by atoms with van der Waals surface area (Å²) in [5.74, 6) is 0.848. The Morgan fingerprint density at radius 1 is 1.41 bits per heavy atom. The molecule has 1 atom stereocenters. The Morgan fingerprint density at radius 2 is 2.14 bits per heavy atom. The van der Waals surface area contributed by atoms with E-state index in [0.29, 0.717) is 35.4 Å². The van der Waals surface area contributed by atoms with Crippen LogP contribution in [0.5, 0.6) is 0 Å². The zero-order valence-corrected chi connectivity index (χ0v) is 17.7. The maximum atomic E-state index is 13.9. The Hall–Kier alpha value is -2.41. The molecule has 1 aromatic heterocycles. The average molecular weight is 403 g/mol. The Balaban J connectivity index is 1.79. The van der Waals surface area contributed by atoms with Crippen LogP contribution in [-0.4, -0.2) is 34.5 Å². The molecular formula is C22H30FN3O3. The van der Waals surface area contributed by atoms with Crippen molar-refractivity contribution in [3.63, 3.8) is 0 Å². The summed E-state index contributed by atoms with van der Waals surface area (Å²) >= 11 is 0. The molecule has 3 rings (SSSR count).